The Bertz CT molecular complexity index is 821. The predicted octanol–water partition coefficient (Wildman–Crippen LogP) is 4.32. The van der Waals surface area contributed by atoms with E-state index in [9.17, 15) is 13.6 Å². The lowest BCUT2D eigenvalue weighted by molar-refractivity contribution is -0.111. The van der Waals surface area contributed by atoms with Crippen LogP contribution in [-0.4, -0.2) is 25.6 Å². The fraction of sp³-hybridized carbons (Fsp3) is 0.250. The third-order valence-corrected chi connectivity index (χ3v) is 4.28. The van der Waals surface area contributed by atoms with Crippen LogP contribution in [0.15, 0.2) is 48.5 Å². The highest BCUT2D eigenvalue weighted by molar-refractivity contribution is 6.02. The van der Waals surface area contributed by atoms with Crippen LogP contribution >= 0.6 is 0 Å². The average Bonchev–Trinajstić information content (AvgIpc) is 3.03. The monoisotopic (exact) mass is 358 g/mol. The smallest absolute Gasteiger partial charge is 0.387 e. The minimum Gasteiger partial charge on any atom is -0.434 e. The molecule has 0 unspecified atom stereocenters. The zero-order valence-electron chi connectivity index (χ0n) is 14.4. The Morgan fingerprint density at radius 3 is 2.88 bits per heavy atom. The molecule has 0 aliphatic carbocycles. The highest BCUT2D eigenvalue weighted by Crippen LogP contribution is 2.30. The zero-order chi connectivity index (χ0) is 18.5. The molecule has 0 bridgehead atoms. The van der Waals surface area contributed by atoms with Crippen molar-refractivity contribution in [2.45, 2.75) is 20.0 Å². The molecule has 0 spiro atoms. The van der Waals surface area contributed by atoms with E-state index in [0.717, 1.165) is 25.2 Å². The number of nitrogens with zero attached hydrogens (tertiary/aromatic N) is 1. The molecule has 0 radical (unpaired) electrons. The minimum absolute atomic E-state index is 0.0302. The summed E-state index contributed by atoms with van der Waals surface area (Å²) in [6, 6.07) is 12.2. The third kappa shape index (κ3) is 4.20. The molecule has 1 aliphatic heterocycles. The summed E-state index contributed by atoms with van der Waals surface area (Å²) in [4.78, 5) is 14.4. The third-order valence-electron chi connectivity index (χ3n) is 4.28. The van der Waals surface area contributed by atoms with E-state index < -0.39 is 6.61 Å². The number of hydrogen-bond donors (Lipinski definition) is 1. The van der Waals surface area contributed by atoms with Gasteiger partial charge in [-0.05, 0) is 43.2 Å². The fourth-order valence-corrected chi connectivity index (χ4v) is 3.02. The Kier molecular flexibility index (Phi) is 5.51. The number of carbonyl (C=O) groups excluding carboxylic acids is 1. The molecule has 2 aromatic rings. The molecule has 26 heavy (non-hydrogen) atoms. The lowest BCUT2D eigenvalue weighted by Crippen LogP contribution is -2.19. The second-order valence-corrected chi connectivity index (χ2v) is 5.91. The van der Waals surface area contributed by atoms with E-state index in [-0.39, 0.29) is 11.7 Å². The van der Waals surface area contributed by atoms with Gasteiger partial charge in [0.1, 0.15) is 5.75 Å². The van der Waals surface area contributed by atoms with Gasteiger partial charge >= 0.3 is 6.61 Å². The van der Waals surface area contributed by atoms with Crippen LogP contribution in [0.4, 0.5) is 20.2 Å². The van der Waals surface area contributed by atoms with E-state index in [1.165, 1.54) is 23.8 Å². The van der Waals surface area contributed by atoms with Gasteiger partial charge in [-0.3, -0.25) is 4.79 Å². The van der Waals surface area contributed by atoms with Gasteiger partial charge < -0.3 is 15.0 Å². The molecule has 1 N–H and O–H groups in total. The molecule has 0 atom stereocenters. The van der Waals surface area contributed by atoms with E-state index in [1.54, 1.807) is 18.2 Å². The van der Waals surface area contributed by atoms with Crippen molar-refractivity contribution in [1.29, 1.82) is 0 Å². The predicted molar refractivity (Wildman–Crippen MR) is 98.8 cm³/mol. The van der Waals surface area contributed by atoms with Crippen LogP contribution in [0.5, 0.6) is 5.75 Å². The molecule has 2 aromatic carbocycles. The molecule has 1 heterocycles. The molecular weight excluding hydrogens is 338 g/mol. The lowest BCUT2D eigenvalue weighted by Gasteiger charge is -2.17. The number of ether oxygens (including phenoxy) is 1. The highest BCUT2D eigenvalue weighted by atomic mass is 19.3. The molecule has 0 saturated carbocycles. The van der Waals surface area contributed by atoms with Gasteiger partial charge in [0, 0.05) is 36.1 Å². The van der Waals surface area contributed by atoms with E-state index in [4.69, 9.17) is 0 Å². The van der Waals surface area contributed by atoms with Crippen molar-refractivity contribution >= 4 is 23.4 Å². The normalized spacial score (nSPS) is 13.3. The number of carbonyl (C=O) groups is 1. The fourth-order valence-electron chi connectivity index (χ4n) is 3.02. The summed E-state index contributed by atoms with van der Waals surface area (Å²) in [5.74, 6) is -0.305. The summed E-state index contributed by atoms with van der Waals surface area (Å²) in [5.41, 5.74) is 3.54. The number of para-hydroxylation sites is 1. The van der Waals surface area contributed by atoms with Crippen molar-refractivity contribution in [3.05, 3.63) is 59.7 Å². The van der Waals surface area contributed by atoms with Crippen LogP contribution in [0, 0.1) is 0 Å². The van der Waals surface area contributed by atoms with Gasteiger partial charge in [0.05, 0.1) is 0 Å². The SMILES string of the molecule is CCN1CCc2ccc(NC(=O)/C=C/c3ccccc3OC(F)F)cc21. The second-order valence-electron chi connectivity index (χ2n) is 5.91. The van der Waals surface area contributed by atoms with E-state index >= 15 is 0 Å². The molecule has 136 valence electrons. The largest absolute Gasteiger partial charge is 0.434 e. The summed E-state index contributed by atoms with van der Waals surface area (Å²) in [6.07, 6.45) is 3.77. The molecular formula is C20H20F2N2O2. The molecule has 0 saturated heterocycles. The molecule has 1 amide bonds. The van der Waals surface area contributed by atoms with Crippen LogP contribution in [0.3, 0.4) is 0 Å². The lowest BCUT2D eigenvalue weighted by atomic mass is 10.1. The van der Waals surface area contributed by atoms with Crippen molar-refractivity contribution in [2.24, 2.45) is 0 Å². The highest BCUT2D eigenvalue weighted by Gasteiger charge is 2.17. The van der Waals surface area contributed by atoms with Gasteiger partial charge in [-0.15, -0.1) is 0 Å². The first kappa shape index (κ1) is 17.9. The number of amides is 1. The first-order valence-corrected chi connectivity index (χ1v) is 8.47. The Balaban J connectivity index is 1.69. The molecule has 0 fully saturated rings. The van der Waals surface area contributed by atoms with Gasteiger partial charge in [0.25, 0.3) is 0 Å². The average molecular weight is 358 g/mol. The van der Waals surface area contributed by atoms with Crippen molar-refractivity contribution in [3.63, 3.8) is 0 Å². The minimum atomic E-state index is -2.91. The number of alkyl halides is 2. The second kappa shape index (κ2) is 7.99. The van der Waals surface area contributed by atoms with Gasteiger partial charge in [-0.25, -0.2) is 0 Å². The maximum absolute atomic E-state index is 12.4. The number of likely N-dealkylation sites (N-methyl/N-ethyl adjacent to an activating group) is 1. The summed E-state index contributed by atoms with van der Waals surface area (Å²) in [5, 5.41) is 2.81. The number of fused-ring (bicyclic) bond motifs is 1. The maximum atomic E-state index is 12.4. The number of benzene rings is 2. The van der Waals surface area contributed by atoms with Crippen LogP contribution < -0.4 is 15.0 Å². The Morgan fingerprint density at radius 2 is 2.12 bits per heavy atom. The summed E-state index contributed by atoms with van der Waals surface area (Å²) in [6.45, 7) is 1.10. The Hall–Kier alpha value is -2.89. The molecule has 0 aromatic heterocycles. The number of halogens is 2. The van der Waals surface area contributed by atoms with Gasteiger partial charge in [-0.1, -0.05) is 24.3 Å². The molecule has 3 rings (SSSR count). The first-order chi connectivity index (χ1) is 12.6. The standard InChI is InChI=1S/C20H20F2N2O2/c1-2-24-12-11-14-7-9-16(13-17(14)24)23-19(25)10-8-15-5-3-4-6-18(15)26-20(21)22/h3-10,13,20H,2,11-12H2,1H3,(H,23,25)/b10-8+. The number of anilines is 2. The topological polar surface area (TPSA) is 41.6 Å². The van der Waals surface area contributed by atoms with Crippen molar-refractivity contribution in [1.82, 2.24) is 0 Å². The van der Waals surface area contributed by atoms with E-state index in [1.807, 2.05) is 18.2 Å². The van der Waals surface area contributed by atoms with Crippen LogP contribution in [0.2, 0.25) is 0 Å². The Morgan fingerprint density at radius 1 is 1.31 bits per heavy atom. The Labute approximate surface area is 151 Å². The van der Waals surface area contributed by atoms with Gasteiger partial charge in [-0.2, -0.15) is 8.78 Å². The van der Waals surface area contributed by atoms with E-state index in [2.05, 4.69) is 21.9 Å². The van der Waals surface area contributed by atoms with Gasteiger partial charge in [0.15, 0.2) is 0 Å². The van der Waals surface area contributed by atoms with E-state index in [0.29, 0.717) is 11.3 Å². The van der Waals surface area contributed by atoms with Crippen LogP contribution in [-0.2, 0) is 11.2 Å². The van der Waals surface area contributed by atoms with Crippen molar-refractivity contribution in [2.75, 3.05) is 23.3 Å². The maximum Gasteiger partial charge on any atom is 0.387 e. The summed E-state index contributed by atoms with van der Waals surface area (Å²) < 4.78 is 29.3. The number of rotatable bonds is 6. The molecule has 1 aliphatic rings. The van der Waals surface area contributed by atoms with Crippen molar-refractivity contribution in [3.8, 4) is 5.75 Å². The first-order valence-electron chi connectivity index (χ1n) is 8.47. The van der Waals surface area contributed by atoms with Crippen molar-refractivity contribution < 1.29 is 18.3 Å². The number of nitrogens with one attached hydrogen (secondary N) is 1. The van der Waals surface area contributed by atoms with Crippen LogP contribution in [0.1, 0.15) is 18.1 Å². The summed E-state index contributed by atoms with van der Waals surface area (Å²) in [7, 11) is 0. The summed E-state index contributed by atoms with van der Waals surface area (Å²) >= 11 is 0. The number of hydrogen-bond acceptors (Lipinski definition) is 3. The van der Waals surface area contributed by atoms with Crippen LogP contribution in [0.25, 0.3) is 6.08 Å². The molecule has 6 heteroatoms. The van der Waals surface area contributed by atoms with Gasteiger partial charge in [0.2, 0.25) is 5.91 Å². The quantitative estimate of drug-likeness (QED) is 0.782. The molecule has 4 nitrogen and oxygen atoms in total. The zero-order valence-corrected chi connectivity index (χ0v) is 14.4.